The van der Waals surface area contributed by atoms with E-state index in [2.05, 4.69) is 27.0 Å². The average molecular weight is 333 g/mol. The summed E-state index contributed by atoms with van der Waals surface area (Å²) in [6, 6.07) is 0.524. The monoisotopic (exact) mass is 333 g/mol. The second kappa shape index (κ2) is 6.80. The molecule has 1 aromatic heterocycles. The number of likely N-dealkylation sites (N-methyl/N-ethyl adjacent to an activating group) is 1. The summed E-state index contributed by atoms with van der Waals surface area (Å²) in [7, 11) is 2.14. The normalized spacial score (nSPS) is 25.3. The highest BCUT2D eigenvalue weighted by Gasteiger charge is 2.31. The summed E-state index contributed by atoms with van der Waals surface area (Å²) in [6.07, 6.45) is 5.30. The number of hydrogen-bond donors (Lipinski definition) is 0. The molecule has 1 aromatic rings. The van der Waals surface area contributed by atoms with Crippen LogP contribution in [-0.4, -0.2) is 76.6 Å². The van der Waals surface area contributed by atoms with Crippen LogP contribution in [0.5, 0.6) is 0 Å². The van der Waals surface area contributed by atoms with E-state index in [0.29, 0.717) is 17.9 Å². The number of hydrogen-bond acceptors (Lipinski definition) is 6. The zero-order valence-electron chi connectivity index (χ0n) is 14.5. The second-order valence-electron chi connectivity index (χ2n) is 7.45. The van der Waals surface area contributed by atoms with Gasteiger partial charge in [0.15, 0.2) is 0 Å². The average Bonchev–Trinajstić information content (AvgIpc) is 2.98. The third kappa shape index (κ3) is 3.62. The lowest BCUT2D eigenvalue weighted by molar-refractivity contribution is -0.127. The Balaban J connectivity index is 1.22. The Hall–Kier alpha value is -1.47. The van der Waals surface area contributed by atoms with Gasteiger partial charge in [-0.3, -0.25) is 14.6 Å². The van der Waals surface area contributed by atoms with Gasteiger partial charge in [-0.05, 0) is 39.3 Å². The van der Waals surface area contributed by atoms with Gasteiger partial charge in [-0.25, -0.2) is 0 Å². The van der Waals surface area contributed by atoms with E-state index in [-0.39, 0.29) is 0 Å². The van der Waals surface area contributed by atoms with Crippen molar-refractivity contribution in [2.75, 3.05) is 39.8 Å². The Labute approximate surface area is 143 Å². The van der Waals surface area contributed by atoms with E-state index in [9.17, 15) is 4.79 Å². The fourth-order valence-electron chi connectivity index (χ4n) is 3.75. The Morgan fingerprint density at radius 2 is 2.08 bits per heavy atom. The van der Waals surface area contributed by atoms with Gasteiger partial charge in [0.1, 0.15) is 0 Å². The molecule has 4 rings (SSSR count). The quantitative estimate of drug-likeness (QED) is 0.744. The zero-order valence-corrected chi connectivity index (χ0v) is 14.5. The molecule has 0 radical (unpaired) electrons. The van der Waals surface area contributed by atoms with E-state index in [1.807, 2.05) is 4.90 Å². The third-order valence-corrected chi connectivity index (χ3v) is 5.52. The van der Waals surface area contributed by atoms with Gasteiger partial charge < -0.3 is 9.32 Å². The van der Waals surface area contributed by atoms with Gasteiger partial charge in [0, 0.05) is 44.6 Å². The number of aromatic nitrogens is 2. The first-order valence-corrected chi connectivity index (χ1v) is 9.21. The molecule has 0 N–H and O–H groups in total. The highest BCUT2D eigenvalue weighted by atomic mass is 16.4. The molecule has 7 heteroatoms. The molecule has 1 aliphatic carbocycles. The smallest absolute Gasteiger partial charge is 0.230 e. The number of rotatable bonds is 7. The molecule has 3 aliphatic rings. The molecule has 1 saturated carbocycles. The predicted octanol–water partition coefficient (Wildman–Crippen LogP) is 1.08. The molecule has 7 nitrogen and oxygen atoms in total. The second-order valence-corrected chi connectivity index (χ2v) is 7.45. The summed E-state index contributed by atoms with van der Waals surface area (Å²) < 4.78 is 5.77. The first kappa shape index (κ1) is 16.0. The third-order valence-electron chi connectivity index (χ3n) is 5.52. The van der Waals surface area contributed by atoms with Crippen LogP contribution in [0.2, 0.25) is 0 Å². The summed E-state index contributed by atoms with van der Waals surface area (Å²) in [4.78, 5) is 18.5. The number of amides is 1. The zero-order chi connectivity index (χ0) is 16.5. The van der Waals surface area contributed by atoms with E-state index in [4.69, 9.17) is 4.42 Å². The van der Waals surface area contributed by atoms with E-state index >= 15 is 0 Å². The van der Waals surface area contributed by atoms with E-state index in [1.165, 1.54) is 12.8 Å². The maximum Gasteiger partial charge on any atom is 0.230 e. The molecule has 0 aromatic carbocycles. The molecule has 2 saturated heterocycles. The van der Waals surface area contributed by atoms with Crippen LogP contribution in [-0.2, 0) is 11.3 Å². The molecule has 0 spiro atoms. The fourth-order valence-corrected chi connectivity index (χ4v) is 3.75. The largest absolute Gasteiger partial charge is 0.424 e. The number of likely N-dealkylation sites (tertiary alicyclic amines) is 2. The van der Waals surface area contributed by atoms with Crippen LogP contribution in [0.15, 0.2) is 4.42 Å². The molecule has 24 heavy (non-hydrogen) atoms. The van der Waals surface area contributed by atoms with E-state index < -0.39 is 0 Å². The minimum absolute atomic E-state index is 0.325. The summed E-state index contributed by atoms with van der Waals surface area (Å²) in [6.45, 7) is 5.70. The van der Waals surface area contributed by atoms with Crippen molar-refractivity contribution in [3.05, 3.63) is 11.8 Å². The molecule has 3 heterocycles. The summed E-state index contributed by atoms with van der Waals surface area (Å²) in [5.74, 6) is 2.40. The van der Waals surface area contributed by atoms with Crippen LogP contribution >= 0.6 is 0 Å². The highest BCUT2D eigenvalue weighted by molar-refractivity contribution is 5.78. The van der Waals surface area contributed by atoms with Crippen molar-refractivity contribution in [3.63, 3.8) is 0 Å². The fraction of sp³-hybridized carbons (Fsp3) is 0.824. The van der Waals surface area contributed by atoms with Gasteiger partial charge in [0.05, 0.1) is 6.54 Å². The van der Waals surface area contributed by atoms with Crippen molar-refractivity contribution in [1.29, 1.82) is 0 Å². The number of nitrogens with zero attached hydrogens (tertiary/aromatic N) is 5. The van der Waals surface area contributed by atoms with Crippen molar-refractivity contribution < 1.29 is 9.21 Å². The molecule has 132 valence electrons. The Morgan fingerprint density at radius 3 is 2.83 bits per heavy atom. The molecule has 3 fully saturated rings. The lowest BCUT2D eigenvalue weighted by atomic mass is 10.2. The van der Waals surface area contributed by atoms with Crippen molar-refractivity contribution >= 4 is 5.91 Å². The molecule has 1 amide bonds. The van der Waals surface area contributed by atoms with Crippen molar-refractivity contribution in [3.8, 4) is 0 Å². The molecular weight excluding hydrogens is 306 g/mol. The molecule has 2 aliphatic heterocycles. The van der Waals surface area contributed by atoms with Crippen molar-refractivity contribution in [1.82, 2.24) is 24.9 Å². The van der Waals surface area contributed by atoms with Crippen LogP contribution in [0.1, 0.15) is 49.8 Å². The predicted molar refractivity (Wildman–Crippen MR) is 88.4 cm³/mol. The van der Waals surface area contributed by atoms with Gasteiger partial charge in [0.25, 0.3) is 0 Å². The van der Waals surface area contributed by atoms with Gasteiger partial charge >= 0.3 is 0 Å². The summed E-state index contributed by atoms with van der Waals surface area (Å²) in [5.41, 5.74) is 0. The van der Waals surface area contributed by atoms with Crippen LogP contribution in [0.3, 0.4) is 0 Å². The highest BCUT2D eigenvalue weighted by Crippen LogP contribution is 2.39. The Bertz CT molecular complexity index is 585. The summed E-state index contributed by atoms with van der Waals surface area (Å²) in [5, 5.41) is 8.35. The standard InChI is InChI=1S/C17H27N5O2/c1-20(12-15-18-19-17(24-15)13-4-5-13)14-6-8-21(11-14)9-10-22-7-2-3-16(22)23/h13-14H,2-12H2,1H3/t14-/m0/s1. The first-order chi connectivity index (χ1) is 11.7. The van der Waals surface area contributed by atoms with Gasteiger partial charge in [-0.15, -0.1) is 10.2 Å². The lowest BCUT2D eigenvalue weighted by Gasteiger charge is -2.24. The van der Waals surface area contributed by atoms with Crippen molar-refractivity contribution in [2.24, 2.45) is 0 Å². The lowest BCUT2D eigenvalue weighted by Crippen LogP contribution is -2.37. The Morgan fingerprint density at radius 1 is 1.21 bits per heavy atom. The topological polar surface area (TPSA) is 65.7 Å². The van der Waals surface area contributed by atoms with Gasteiger partial charge in [0.2, 0.25) is 17.7 Å². The molecule has 1 atom stereocenters. The van der Waals surface area contributed by atoms with Crippen LogP contribution in [0.25, 0.3) is 0 Å². The maximum absolute atomic E-state index is 11.7. The SMILES string of the molecule is CN(Cc1nnc(C2CC2)o1)[C@H]1CCN(CCN2CCCC2=O)C1. The number of carbonyl (C=O) groups excluding carboxylic acids is 1. The molecular formula is C17H27N5O2. The first-order valence-electron chi connectivity index (χ1n) is 9.21. The number of carbonyl (C=O) groups is 1. The van der Waals surface area contributed by atoms with Crippen LogP contribution in [0, 0.1) is 0 Å². The van der Waals surface area contributed by atoms with Crippen LogP contribution < -0.4 is 0 Å². The van der Waals surface area contributed by atoms with E-state index in [0.717, 1.165) is 70.3 Å². The molecule has 0 bridgehead atoms. The van der Waals surface area contributed by atoms with Crippen LogP contribution in [0.4, 0.5) is 0 Å². The Kier molecular flexibility index (Phi) is 4.54. The minimum Gasteiger partial charge on any atom is -0.424 e. The van der Waals surface area contributed by atoms with Crippen molar-refractivity contribution in [2.45, 2.75) is 50.6 Å². The minimum atomic E-state index is 0.325. The van der Waals surface area contributed by atoms with Gasteiger partial charge in [-0.1, -0.05) is 0 Å². The molecule has 0 unspecified atom stereocenters. The summed E-state index contributed by atoms with van der Waals surface area (Å²) >= 11 is 0. The maximum atomic E-state index is 11.7. The van der Waals surface area contributed by atoms with Gasteiger partial charge in [-0.2, -0.15) is 0 Å². The van der Waals surface area contributed by atoms with E-state index in [1.54, 1.807) is 0 Å².